The highest BCUT2D eigenvalue weighted by Crippen LogP contribution is 2.04. The Morgan fingerprint density at radius 2 is 1.88 bits per heavy atom. The van der Waals surface area contributed by atoms with Gasteiger partial charge in [0.2, 0.25) is 0 Å². The second-order valence-electron chi connectivity index (χ2n) is 3.59. The Morgan fingerprint density at radius 3 is 2.44 bits per heavy atom. The molecule has 1 aromatic carbocycles. The summed E-state index contributed by atoms with van der Waals surface area (Å²) in [7, 11) is 1.68. The number of carboxylic acid groups (broad SMARTS) is 1. The van der Waals surface area contributed by atoms with Crippen LogP contribution in [0.1, 0.15) is 23.2 Å². The topological polar surface area (TPSA) is 57.6 Å². The van der Waals surface area contributed by atoms with Crippen LogP contribution in [0.25, 0.3) is 0 Å². The van der Waals surface area contributed by atoms with E-state index < -0.39 is 5.97 Å². The minimum Gasteiger partial charge on any atom is -0.481 e. The molecule has 1 amide bonds. The Hall–Kier alpha value is -1.84. The summed E-state index contributed by atoms with van der Waals surface area (Å²) < 4.78 is 0. The zero-order valence-electron chi connectivity index (χ0n) is 9.22. The minimum atomic E-state index is -0.833. The van der Waals surface area contributed by atoms with E-state index in [1.165, 1.54) is 4.90 Å². The molecule has 0 unspecified atom stereocenters. The van der Waals surface area contributed by atoms with Crippen molar-refractivity contribution in [2.24, 2.45) is 0 Å². The number of rotatable bonds is 5. The van der Waals surface area contributed by atoms with Gasteiger partial charge >= 0.3 is 5.97 Å². The predicted octanol–water partition coefficient (Wildman–Crippen LogP) is 1.62. The monoisotopic (exact) mass is 221 g/mol. The van der Waals surface area contributed by atoms with E-state index in [2.05, 4.69) is 0 Å². The molecule has 0 bridgehead atoms. The van der Waals surface area contributed by atoms with Gasteiger partial charge in [-0.1, -0.05) is 18.2 Å². The molecular weight excluding hydrogens is 206 g/mol. The van der Waals surface area contributed by atoms with Crippen molar-refractivity contribution in [1.82, 2.24) is 4.90 Å². The molecule has 0 aliphatic heterocycles. The van der Waals surface area contributed by atoms with Crippen LogP contribution in [0, 0.1) is 0 Å². The molecule has 0 aliphatic rings. The Balaban J connectivity index is 2.45. The van der Waals surface area contributed by atoms with E-state index in [0.717, 1.165) is 0 Å². The lowest BCUT2D eigenvalue weighted by atomic mass is 10.2. The third-order valence-electron chi connectivity index (χ3n) is 2.25. The van der Waals surface area contributed by atoms with Crippen LogP contribution in [0.4, 0.5) is 0 Å². The number of hydrogen-bond donors (Lipinski definition) is 1. The number of hydrogen-bond acceptors (Lipinski definition) is 2. The summed E-state index contributed by atoms with van der Waals surface area (Å²) in [6.45, 7) is 0.458. The molecule has 86 valence electrons. The standard InChI is InChI=1S/C12H15NO3/c1-13(9-5-8-11(14)15)12(16)10-6-3-2-4-7-10/h2-4,6-7H,5,8-9H2,1H3,(H,14,15). The highest BCUT2D eigenvalue weighted by molar-refractivity contribution is 5.93. The van der Waals surface area contributed by atoms with Crippen molar-refractivity contribution >= 4 is 11.9 Å². The van der Waals surface area contributed by atoms with Crippen molar-refractivity contribution in [2.75, 3.05) is 13.6 Å². The summed E-state index contributed by atoms with van der Waals surface area (Å²) in [6, 6.07) is 8.95. The minimum absolute atomic E-state index is 0.0778. The van der Waals surface area contributed by atoms with Gasteiger partial charge in [0.1, 0.15) is 0 Å². The number of aliphatic carboxylic acids is 1. The van der Waals surface area contributed by atoms with E-state index in [9.17, 15) is 9.59 Å². The van der Waals surface area contributed by atoms with E-state index >= 15 is 0 Å². The lowest BCUT2D eigenvalue weighted by molar-refractivity contribution is -0.137. The van der Waals surface area contributed by atoms with Crippen molar-refractivity contribution in [3.8, 4) is 0 Å². The first-order valence-electron chi connectivity index (χ1n) is 5.13. The van der Waals surface area contributed by atoms with Gasteiger partial charge in [-0.05, 0) is 18.6 Å². The average Bonchev–Trinajstić information content (AvgIpc) is 2.28. The number of amides is 1. The third kappa shape index (κ3) is 3.73. The van der Waals surface area contributed by atoms with Crippen LogP contribution in [0.3, 0.4) is 0 Å². The summed E-state index contributed by atoms with van der Waals surface area (Å²) in [5.41, 5.74) is 0.625. The van der Waals surface area contributed by atoms with Crippen LogP contribution in [-0.4, -0.2) is 35.5 Å². The van der Waals surface area contributed by atoms with Crippen molar-refractivity contribution in [2.45, 2.75) is 12.8 Å². The first-order valence-corrected chi connectivity index (χ1v) is 5.13. The summed E-state index contributed by atoms with van der Waals surface area (Å²) in [5, 5.41) is 8.48. The second kappa shape index (κ2) is 5.90. The fourth-order valence-electron chi connectivity index (χ4n) is 1.37. The van der Waals surface area contributed by atoms with Crippen molar-refractivity contribution in [3.05, 3.63) is 35.9 Å². The Bertz CT molecular complexity index is 362. The highest BCUT2D eigenvalue weighted by Gasteiger charge is 2.10. The molecule has 4 nitrogen and oxygen atoms in total. The third-order valence-corrected chi connectivity index (χ3v) is 2.25. The van der Waals surface area contributed by atoms with Crippen LogP contribution in [0.2, 0.25) is 0 Å². The molecule has 0 aromatic heterocycles. The fraction of sp³-hybridized carbons (Fsp3) is 0.333. The van der Waals surface area contributed by atoms with Crippen LogP contribution in [0.5, 0.6) is 0 Å². The maximum atomic E-state index is 11.8. The van der Waals surface area contributed by atoms with Crippen LogP contribution < -0.4 is 0 Å². The molecule has 0 fully saturated rings. The molecule has 1 aromatic rings. The summed E-state index contributed by atoms with van der Waals surface area (Å²) in [6.07, 6.45) is 0.566. The molecular formula is C12H15NO3. The molecule has 0 heterocycles. The fourth-order valence-corrected chi connectivity index (χ4v) is 1.37. The van der Waals surface area contributed by atoms with Gasteiger partial charge in [0, 0.05) is 25.6 Å². The first-order chi connectivity index (χ1) is 7.61. The average molecular weight is 221 g/mol. The Kier molecular flexibility index (Phi) is 4.51. The number of carboxylic acids is 1. The lowest BCUT2D eigenvalue weighted by Gasteiger charge is -2.16. The first kappa shape index (κ1) is 12.2. The van der Waals surface area contributed by atoms with Crippen LogP contribution in [0.15, 0.2) is 30.3 Å². The summed E-state index contributed by atoms with van der Waals surface area (Å²) >= 11 is 0. The molecule has 0 atom stereocenters. The zero-order chi connectivity index (χ0) is 12.0. The predicted molar refractivity (Wildman–Crippen MR) is 60.3 cm³/mol. The molecule has 0 spiro atoms. The molecule has 0 saturated heterocycles. The Morgan fingerprint density at radius 1 is 1.25 bits per heavy atom. The molecule has 0 aliphatic carbocycles. The highest BCUT2D eigenvalue weighted by atomic mass is 16.4. The summed E-state index contributed by atoms with van der Waals surface area (Å²) in [4.78, 5) is 23.7. The van der Waals surface area contributed by atoms with Gasteiger partial charge in [-0.25, -0.2) is 0 Å². The maximum Gasteiger partial charge on any atom is 0.303 e. The molecule has 1 N–H and O–H groups in total. The van der Waals surface area contributed by atoms with E-state index in [-0.39, 0.29) is 12.3 Å². The number of benzene rings is 1. The molecule has 0 saturated carbocycles. The SMILES string of the molecule is CN(CCCC(=O)O)C(=O)c1ccccc1. The van der Waals surface area contributed by atoms with Gasteiger partial charge in [-0.3, -0.25) is 9.59 Å². The van der Waals surface area contributed by atoms with Gasteiger partial charge in [0.05, 0.1) is 0 Å². The molecule has 16 heavy (non-hydrogen) atoms. The van der Waals surface area contributed by atoms with E-state index in [0.29, 0.717) is 18.5 Å². The maximum absolute atomic E-state index is 11.8. The van der Waals surface area contributed by atoms with Gasteiger partial charge in [0.25, 0.3) is 5.91 Å². The second-order valence-corrected chi connectivity index (χ2v) is 3.59. The molecule has 0 radical (unpaired) electrons. The van der Waals surface area contributed by atoms with Crippen LogP contribution >= 0.6 is 0 Å². The largest absolute Gasteiger partial charge is 0.481 e. The van der Waals surface area contributed by atoms with E-state index in [1.54, 1.807) is 31.3 Å². The van der Waals surface area contributed by atoms with Crippen molar-refractivity contribution < 1.29 is 14.7 Å². The number of nitrogens with zero attached hydrogens (tertiary/aromatic N) is 1. The number of carbonyl (C=O) groups is 2. The molecule has 4 heteroatoms. The van der Waals surface area contributed by atoms with E-state index in [1.807, 2.05) is 6.07 Å². The molecule has 1 rings (SSSR count). The van der Waals surface area contributed by atoms with Gasteiger partial charge < -0.3 is 10.0 Å². The number of carbonyl (C=O) groups excluding carboxylic acids is 1. The quantitative estimate of drug-likeness (QED) is 0.822. The van der Waals surface area contributed by atoms with Crippen molar-refractivity contribution in [3.63, 3.8) is 0 Å². The zero-order valence-corrected chi connectivity index (χ0v) is 9.22. The van der Waals surface area contributed by atoms with Gasteiger partial charge in [-0.2, -0.15) is 0 Å². The van der Waals surface area contributed by atoms with E-state index in [4.69, 9.17) is 5.11 Å². The van der Waals surface area contributed by atoms with Crippen LogP contribution in [-0.2, 0) is 4.79 Å². The van der Waals surface area contributed by atoms with Crippen molar-refractivity contribution in [1.29, 1.82) is 0 Å². The Labute approximate surface area is 94.5 Å². The summed E-state index contributed by atoms with van der Waals surface area (Å²) in [5.74, 6) is -0.911. The van der Waals surface area contributed by atoms with Gasteiger partial charge in [-0.15, -0.1) is 0 Å². The smallest absolute Gasteiger partial charge is 0.303 e. The normalized spacial score (nSPS) is 9.81. The van der Waals surface area contributed by atoms with Gasteiger partial charge in [0.15, 0.2) is 0 Å². The lowest BCUT2D eigenvalue weighted by Crippen LogP contribution is -2.28.